The molecule has 1 amide bonds. The number of fused-ring (bicyclic) bond motifs is 1. The Kier molecular flexibility index (Phi) is 11.4. The highest BCUT2D eigenvalue weighted by molar-refractivity contribution is 5.83. The summed E-state index contributed by atoms with van der Waals surface area (Å²) in [6, 6.07) is 18.3. The van der Waals surface area contributed by atoms with Gasteiger partial charge in [0.05, 0.1) is 13.2 Å². The molecule has 1 aliphatic rings. The lowest BCUT2D eigenvalue weighted by atomic mass is 9.95. The van der Waals surface area contributed by atoms with Crippen LogP contribution in [-0.2, 0) is 22.5 Å². The van der Waals surface area contributed by atoms with Gasteiger partial charge in [-0.3, -0.25) is 9.63 Å². The number of likely N-dealkylation sites (N-methyl/N-ethyl adjacent to an activating group) is 1. The van der Waals surface area contributed by atoms with Crippen LogP contribution in [-0.4, -0.2) is 65.1 Å². The van der Waals surface area contributed by atoms with E-state index < -0.39 is 18.1 Å². The molecule has 7 nitrogen and oxygen atoms in total. The van der Waals surface area contributed by atoms with Gasteiger partial charge in [0.1, 0.15) is 12.1 Å². The largest absolute Gasteiger partial charge is 0.396 e. The van der Waals surface area contributed by atoms with Crippen LogP contribution < -0.4 is 5.32 Å². The molecule has 1 fully saturated rings. The summed E-state index contributed by atoms with van der Waals surface area (Å²) in [7, 11) is 1.57. The maximum absolute atomic E-state index is 12.1. The number of aliphatic hydroxyl groups excluding tert-OH is 2. The molecule has 196 valence electrons. The minimum absolute atomic E-state index is 0.181. The standard InChI is InChI=1S/C19H30N2O4.C10H11N/c1-20-19(24)18-16(13-22)17(14-23)25-21(18)12-8-3-2-5-9-15-10-6-4-7-11-15;1-2-8-7-11-10-6-4-3-5-9(8)10/h4,6-7,10-11,16-18,22-23H,2-3,5,8-9,12-14H2,1H3,(H,20,24);3-7,11H,2H2,1H3/t16-,17?,18+;/m1./s1. The third-order valence-electron chi connectivity index (χ3n) is 6.86. The number of hydrogen-bond acceptors (Lipinski definition) is 5. The van der Waals surface area contributed by atoms with Crippen LogP contribution >= 0.6 is 0 Å². The number of nitrogens with zero attached hydrogens (tertiary/aromatic N) is 1. The van der Waals surface area contributed by atoms with E-state index in [-0.39, 0.29) is 19.1 Å². The Labute approximate surface area is 214 Å². The molecule has 3 aromatic rings. The van der Waals surface area contributed by atoms with Crippen LogP contribution in [0.15, 0.2) is 60.8 Å². The van der Waals surface area contributed by atoms with E-state index in [1.54, 1.807) is 12.1 Å². The monoisotopic (exact) mass is 495 g/mol. The van der Waals surface area contributed by atoms with E-state index in [1.165, 1.54) is 22.0 Å². The molecule has 3 atom stereocenters. The van der Waals surface area contributed by atoms with Gasteiger partial charge in [0.25, 0.3) is 0 Å². The molecular weight excluding hydrogens is 454 g/mol. The van der Waals surface area contributed by atoms with Gasteiger partial charge in [-0.15, -0.1) is 0 Å². The van der Waals surface area contributed by atoms with Crippen molar-refractivity contribution in [1.29, 1.82) is 0 Å². The van der Waals surface area contributed by atoms with Crippen molar-refractivity contribution in [2.75, 3.05) is 26.8 Å². The van der Waals surface area contributed by atoms with Gasteiger partial charge in [0, 0.05) is 36.6 Å². The molecule has 0 aliphatic carbocycles. The van der Waals surface area contributed by atoms with Gasteiger partial charge in [0.2, 0.25) is 5.91 Å². The maximum atomic E-state index is 12.1. The fraction of sp³-hybridized carbons (Fsp3) is 0.483. The highest BCUT2D eigenvalue weighted by Gasteiger charge is 2.46. The number of aromatic amines is 1. The molecule has 0 saturated carbocycles. The molecule has 0 spiro atoms. The highest BCUT2D eigenvalue weighted by Crippen LogP contribution is 2.28. The molecule has 4 rings (SSSR count). The van der Waals surface area contributed by atoms with Crippen molar-refractivity contribution in [3.05, 3.63) is 71.9 Å². The number of hydroxylamine groups is 2. The van der Waals surface area contributed by atoms with E-state index in [9.17, 15) is 15.0 Å². The van der Waals surface area contributed by atoms with Crippen LogP contribution in [0, 0.1) is 5.92 Å². The number of rotatable bonds is 11. The summed E-state index contributed by atoms with van der Waals surface area (Å²) in [5, 5.41) is 24.6. The highest BCUT2D eigenvalue weighted by atomic mass is 16.7. The van der Waals surface area contributed by atoms with Crippen LogP contribution in [0.5, 0.6) is 0 Å². The summed E-state index contributed by atoms with van der Waals surface area (Å²) in [6.07, 6.45) is 7.99. The smallest absolute Gasteiger partial charge is 0.239 e. The summed E-state index contributed by atoms with van der Waals surface area (Å²) in [4.78, 5) is 21.0. The number of para-hydroxylation sites is 1. The molecule has 1 aromatic heterocycles. The van der Waals surface area contributed by atoms with Gasteiger partial charge < -0.3 is 20.5 Å². The first-order valence-corrected chi connectivity index (χ1v) is 13.1. The molecule has 4 N–H and O–H groups in total. The molecule has 36 heavy (non-hydrogen) atoms. The number of nitrogens with one attached hydrogen (secondary N) is 2. The Morgan fingerprint density at radius 3 is 2.42 bits per heavy atom. The number of aryl methyl sites for hydroxylation is 2. The molecule has 1 saturated heterocycles. The second-order valence-corrected chi connectivity index (χ2v) is 9.24. The van der Waals surface area contributed by atoms with Gasteiger partial charge in [-0.05, 0) is 42.9 Å². The number of amides is 1. The minimum Gasteiger partial charge on any atom is -0.396 e. The first-order chi connectivity index (χ1) is 17.6. The van der Waals surface area contributed by atoms with Crippen molar-refractivity contribution < 1.29 is 19.8 Å². The SMILES string of the molecule is CCc1c[nH]c2ccccc12.CNC(=O)[C@@H]1[C@H](CO)C(CO)ON1CCCCCCc1ccccc1. The van der Waals surface area contributed by atoms with Gasteiger partial charge >= 0.3 is 0 Å². The van der Waals surface area contributed by atoms with Gasteiger partial charge in [0.15, 0.2) is 0 Å². The third kappa shape index (κ3) is 7.40. The van der Waals surface area contributed by atoms with E-state index in [1.807, 2.05) is 6.07 Å². The van der Waals surface area contributed by atoms with Crippen LogP contribution in [0.4, 0.5) is 0 Å². The molecular formula is C29H41N3O4. The predicted octanol–water partition coefficient (Wildman–Crippen LogP) is 3.85. The lowest BCUT2D eigenvalue weighted by Gasteiger charge is -2.23. The number of aromatic nitrogens is 1. The zero-order chi connectivity index (χ0) is 25.8. The normalized spacial score (nSPS) is 19.7. The lowest BCUT2D eigenvalue weighted by molar-refractivity contribution is -0.176. The average molecular weight is 496 g/mol. The number of H-pyrrole nitrogens is 1. The molecule has 1 aliphatic heterocycles. The summed E-state index contributed by atoms with van der Waals surface area (Å²) in [6.45, 7) is 2.41. The second kappa shape index (κ2) is 14.8. The Hall–Kier alpha value is -2.71. The zero-order valence-corrected chi connectivity index (χ0v) is 21.5. The van der Waals surface area contributed by atoms with Crippen molar-refractivity contribution in [2.24, 2.45) is 5.92 Å². The third-order valence-corrected chi connectivity index (χ3v) is 6.86. The number of unbranched alkanes of at least 4 members (excludes halogenated alkanes) is 3. The first kappa shape index (κ1) is 27.9. The van der Waals surface area contributed by atoms with Crippen molar-refractivity contribution in [3.63, 3.8) is 0 Å². The van der Waals surface area contributed by atoms with E-state index in [0.717, 1.165) is 38.5 Å². The summed E-state index contributed by atoms with van der Waals surface area (Å²) >= 11 is 0. The fourth-order valence-corrected chi connectivity index (χ4v) is 4.80. The zero-order valence-electron chi connectivity index (χ0n) is 21.5. The Bertz CT molecular complexity index is 1040. The van der Waals surface area contributed by atoms with Crippen molar-refractivity contribution in [3.8, 4) is 0 Å². The molecule has 0 radical (unpaired) electrons. The van der Waals surface area contributed by atoms with Crippen molar-refractivity contribution >= 4 is 16.8 Å². The average Bonchev–Trinajstić information content (AvgIpc) is 3.51. The lowest BCUT2D eigenvalue weighted by Crippen LogP contribution is -2.46. The maximum Gasteiger partial charge on any atom is 0.239 e. The topological polar surface area (TPSA) is 97.8 Å². The van der Waals surface area contributed by atoms with Gasteiger partial charge in [-0.2, -0.15) is 5.06 Å². The van der Waals surface area contributed by atoms with E-state index >= 15 is 0 Å². The number of carbonyl (C=O) groups is 1. The first-order valence-electron chi connectivity index (χ1n) is 13.1. The number of hydrogen-bond donors (Lipinski definition) is 4. The quantitative estimate of drug-likeness (QED) is 0.303. The van der Waals surface area contributed by atoms with E-state index in [0.29, 0.717) is 6.54 Å². The summed E-state index contributed by atoms with van der Waals surface area (Å²) in [5.41, 5.74) is 4.01. The molecule has 7 heteroatoms. The number of aliphatic hydroxyl groups is 2. The van der Waals surface area contributed by atoms with E-state index in [2.05, 4.69) is 72.0 Å². The van der Waals surface area contributed by atoms with Gasteiger partial charge in [-0.25, -0.2) is 0 Å². The fourth-order valence-electron chi connectivity index (χ4n) is 4.80. The molecule has 2 aromatic carbocycles. The predicted molar refractivity (Wildman–Crippen MR) is 143 cm³/mol. The molecule has 1 unspecified atom stereocenters. The molecule has 2 heterocycles. The van der Waals surface area contributed by atoms with Crippen LogP contribution in [0.2, 0.25) is 0 Å². The van der Waals surface area contributed by atoms with Crippen molar-refractivity contribution in [1.82, 2.24) is 15.4 Å². The van der Waals surface area contributed by atoms with Crippen molar-refractivity contribution in [2.45, 2.75) is 57.6 Å². The number of carbonyl (C=O) groups excluding carboxylic acids is 1. The van der Waals surface area contributed by atoms with E-state index in [4.69, 9.17) is 4.84 Å². The Morgan fingerprint density at radius 1 is 1.00 bits per heavy atom. The Balaban J connectivity index is 0.000000270. The van der Waals surface area contributed by atoms with Crippen LogP contribution in [0.25, 0.3) is 10.9 Å². The Morgan fingerprint density at radius 2 is 1.72 bits per heavy atom. The second-order valence-electron chi connectivity index (χ2n) is 9.24. The van der Waals surface area contributed by atoms with Crippen LogP contribution in [0.1, 0.15) is 43.7 Å². The van der Waals surface area contributed by atoms with Gasteiger partial charge in [-0.1, -0.05) is 68.3 Å². The summed E-state index contributed by atoms with van der Waals surface area (Å²) < 4.78 is 0. The number of benzene rings is 2. The summed E-state index contributed by atoms with van der Waals surface area (Å²) in [5.74, 6) is -0.581. The molecule has 0 bridgehead atoms. The van der Waals surface area contributed by atoms with Crippen LogP contribution in [0.3, 0.4) is 0 Å². The minimum atomic E-state index is -0.545.